The Kier molecular flexibility index (Phi) is 2.73. The van der Waals surface area contributed by atoms with Crippen molar-refractivity contribution in [3.05, 3.63) is 0 Å². The monoisotopic (exact) mass is 170 g/mol. The molecule has 0 radical (unpaired) electrons. The van der Waals surface area contributed by atoms with Crippen LogP contribution in [0.3, 0.4) is 0 Å². The van der Waals surface area contributed by atoms with E-state index in [9.17, 15) is 4.79 Å². The van der Waals surface area contributed by atoms with E-state index in [2.05, 4.69) is 24.5 Å². The largest absolute Gasteiger partial charge is 0.351 e. The maximum Gasteiger partial charge on any atom is 0.217 e. The van der Waals surface area contributed by atoms with E-state index < -0.39 is 0 Å². The van der Waals surface area contributed by atoms with Crippen molar-refractivity contribution in [1.82, 2.24) is 10.6 Å². The zero-order valence-corrected chi connectivity index (χ0v) is 8.11. The van der Waals surface area contributed by atoms with Gasteiger partial charge in [-0.1, -0.05) is 0 Å². The Bertz CT molecular complexity index is 171. The summed E-state index contributed by atoms with van der Waals surface area (Å²) < 4.78 is 0. The molecular formula is C9H18N2O. The van der Waals surface area contributed by atoms with Gasteiger partial charge in [0, 0.05) is 19.0 Å². The van der Waals surface area contributed by atoms with Gasteiger partial charge in [0.15, 0.2) is 0 Å². The van der Waals surface area contributed by atoms with E-state index in [1.165, 1.54) is 0 Å². The van der Waals surface area contributed by atoms with Crippen molar-refractivity contribution < 1.29 is 4.79 Å². The fourth-order valence-corrected chi connectivity index (χ4v) is 1.83. The molecule has 0 aromatic rings. The van der Waals surface area contributed by atoms with E-state index in [1.54, 1.807) is 6.92 Å². The third-order valence-corrected chi connectivity index (χ3v) is 2.58. The van der Waals surface area contributed by atoms with Crippen LogP contribution in [0.15, 0.2) is 0 Å². The summed E-state index contributed by atoms with van der Waals surface area (Å²) in [6.45, 7) is 7.85. The molecule has 0 aromatic carbocycles. The highest BCUT2D eigenvalue weighted by Gasteiger charge is 2.31. The second-order valence-corrected chi connectivity index (χ2v) is 4.09. The molecule has 0 aliphatic carbocycles. The molecule has 1 unspecified atom stereocenters. The van der Waals surface area contributed by atoms with Gasteiger partial charge in [-0.25, -0.2) is 0 Å². The third kappa shape index (κ3) is 2.21. The van der Waals surface area contributed by atoms with Crippen LogP contribution in [0.1, 0.15) is 27.2 Å². The molecule has 1 heterocycles. The van der Waals surface area contributed by atoms with E-state index in [0.29, 0.717) is 5.92 Å². The topological polar surface area (TPSA) is 41.1 Å². The fourth-order valence-electron chi connectivity index (χ4n) is 1.83. The van der Waals surface area contributed by atoms with Crippen molar-refractivity contribution in [2.45, 2.75) is 32.7 Å². The Morgan fingerprint density at radius 1 is 1.58 bits per heavy atom. The average molecular weight is 170 g/mol. The minimum Gasteiger partial charge on any atom is -0.351 e. The summed E-state index contributed by atoms with van der Waals surface area (Å²) in [5.41, 5.74) is -0.0602. The summed E-state index contributed by atoms with van der Waals surface area (Å²) >= 11 is 0. The second-order valence-electron chi connectivity index (χ2n) is 4.09. The van der Waals surface area contributed by atoms with Crippen LogP contribution < -0.4 is 10.6 Å². The lowest BCUT2D eigenvalue weighted by Crippen LogP contribution is -2.49. The lowest BCUT2D eigenvalue weighted by Gasteiger charge is -2.31. The lowest BCUT2D eigenvalue weighted by molar-refractivity contribution is -0.121. The van der Waals surface area contributed by atoms with Crippen LogP contribution in [-0.2, 0) is 4.79 Å². The molecule has 12 heavy (non-hydrogen) atoms. The van der Waals surface area contributed by atoms with Crippen molar-refractivity contribution in [1.29, 1.82) is 0 Å². The summed E-state index contributed by atoms with van der Waals surface area (Å²) in [6.07, 6.45) is 1.16. The van der Waals surface area contributed by atoms with Crippen LogP contribution in [0.4, 0.5) is 0 Å². The molecule has 0 bridgehead atoms. The van der Waals surface area contributed by atoms with Crippen LogP contribution in [0.2, 0.25) is 0 Å². The highest BCUT2D eigenvalue weighted by Crippen LogP contribution is 2.22. The molecule has 3 heteroatoms. The van der Waals surface area contributed by atoms with Gasteiger partial charge < -0.3 is 10.6 Å². The normalized spacial score (nSPS) is 24.1. The zero-order valence-electron chi connectivity index (χ0n) is 8.11. The second kappa shape index (κ2) is 3.44. The van der Waals surface area contributed by atoms with Gasteiger partial charge in [-0.3, -0.25) is 4.79 Å². The predicted octanol–water partition coefficient (Wildman–Crippen LogP) is 0.511. The third-order valence-electron chi connectivity index (χ3n) is 2.58. The summed E-state index contributed by atoms with van der Waals surface area (Å²) in [5, 5.41) is 6.28. The molecule has 0 aromatic heterocycles. The quantitative estimate of drug-likeness (QED) is 0.634. The van der Waals surface area contributed by atoms with E-state index >= 15 is 0 Å². The first kappa shape index (κ1) is 9.52. The Labute approximate surface area is 73.9 Å². The molecule has 1 aliphatic rings. The van der Waals surface area contributed by atoms with Crippen molar-refractivity contribution in [2.24, 2.45) is 5.92 Å². The smallest absolute Gasteiger partial charge is 0.217 e. The zero-order chi connectivity index (χ0) is 9.19. The maximum atomic E-state index is 10.9. The lowest BCUT2D eigenvalue weighted by atomic mass is 9.87. The van der Waals surface area contributed by atoms with Crippen LogP contribution in [0.5, 0.6) is 0 Å². The first-order valence-corrected chi connectivity index (χ1v) is 4.52. The molecule has 2 N–H and O–H groups in total. The summed E-state index contributed by atoms with van der Waals surface area (Å²) in [6, 6.07) is 0. The van der Waals surface area contributed by atoms with Crippen molar-refractivity contribution in [2.75, 3.05) is 13.1 Å². The molecule has 1 rings (SSSR count). The molecule has 1 saturated heterocycles. The van der Waals surface area contributed by atoms with Gasteiger partial charge in [-0.2, -0.15) is 0 Å². The first-order valence-electron chi connectivity index (χ1n) is 4.52. The minimum absolute atomic E-state index is 0.0602. The molecule has 3 nitrogen and oxygen atoms in total. The predicted molar refractivity (Wildman–Crippen MR) is 48.9 cm³/mol. The van der Waals surface area contributed by atoms with E-state index in [1.807, 2.05) is 0 Å². The molecule has 1 fully saturated rings. The molecule has 0 spiro atoms. The van der Waals surface area contributed by atoms with Crippen LogP contribution >= 0.6 is 0 Å². The van der Waals surface area contributed by atoms with Gasteiger partial charge in [0.2, 0.25) is 5.91 Å². The van der Waals surface area contributed by atoms with Gasteiger partial charge in [0.05, 0.1) is 0 Å². The molecule has 0 saturated carbocycles. The Morgan fingerprint density at radius 3 is 2.67 bits per heavy atom. The van der Waals surface area contributed by atoms with Crippen LogP contribution in [0.25, 0.3) is 0 Å². The SMILES string of the molecule is CC(=O)NC(C)(C)C1CCNC1. The fraction of sp³-hybridized carbons (Fsp3) is 0.889. The number of rotatable bonds is 2. The number of carbonyl (C=O) groups is 1. The highest BCUT2D eigenvalue weighted by molar-refractivity contribution is 5.73. The van der Waals surface area contributed by atoms with Crippen LogP contribution in [0, 0.1) is 5.92 Å². The summed E-state index contributed by atoms with van der Waals surface area (Å²) in [5.74, 6) is 0.633. The molecule has 1 atom stereocenters. The molecule has 70 valence electrons. The average Bonchev–Trinajstić information content (AvgIpc) is 2.32. The van der Waals surface area contributed by atoms with Crippen molar-refractivity contribution in [3.8, 4) is 0 Å². The Hall–Kier alpha value is -0.570. The maximum absolute atomic E-state index is 10.9. The van der Waals surface area contributed by atoms with Gasteiger partial charge in [0.25, 0.3) is 0 Å². The number of hydrogen-bond donors (Lipinski definition) is 2. The molecule has 1 amide bonds. The highest BCUT2D eigenvalue weighted by atomic mass is 16.1. The molecule has 1 aliphatic heterocycles. The number of nitrogens with one attached hydrogen (secondary N) is 2. The van der Waals surface area contributed by atoms with Gasteiger partial charge in [-0.15, -0.1) is 0 Å². The van der Waals surface area contributed by atoms with Gasteiger partial charge in [-0.05, 0) is 32.7 Å². The summed E-state index contributed by atoms with van der Waals surface area (Å²) in [4.78, 5) is 10.9. The summed E-state index contributed by atoms with van der Waals surface area (Å²) in [7, 11) is 0. The van der Waals surface area contributed by atoms with E-state index in [-0.39, 0.29) is 11.4 Å². The number of amides is 1. The standard InChI is InChI=1S/C9H18N2O/c1-7(12)11-9(2,3)8-4-5-10-6-8/h8,10H,4-6H2,1-3H3,(H,11,12). The van der Waals surface area contributed by atoms with Gasteiger partial charge >= 0.3 is 0 Å². The van der Waals surface area contributed by atoms with E-state index in [4.69, 9.17) is 0 Å². The minimum atomic E-state index is -0.0602. The first-order chi connectivity index (χ1) is 5.52. The van der Waals surface area contributed by atoms with Crippen LogP contribution in [-0.4, -0.2) is 24.5 Å². The molecular weight excluding hydrogens is 152 g/mol. The Morgan fingerprint density at radius 2 is 2.25 bits per heavy atom. The van der Waals surface area contributed by atoms with Gasteiger partial charge in [0.1, 0.15) is 0 Å². The van der Waals surface area contributed by atoms with Crippen molar-refractivity contribution in [3.63, 3.8) is 0 Å². The number of carbonyl (C=O) groups excluding carboxylic acids is 1. The number of hydrogen-bond acceptors (Lipinski definition) is 2. The van der Waals surface area contributed by atoms with E-state index in [0.717, 1.165) is 19.5 Å². The Balaban J connectivity index is 2.50. The van der Waals surface area contributed by atoms with Crippen molar-refractivity contribution >= 4 is 5.91 Å².